The van der Waals surface area contributed by atoms with E-state index in [4.69, 9.17) is 0 Å². The fourth-order valence-corrected chi connectivity index (χ4v) is 2.62. The molecule has 0 aliphatic carbocycles. The molecule has 3 aromatic heterocycles. The van der Waals surface area contributed by atoms with Crippen molar-refractivity contribution in [2.75, 3.05) is 5.32 Å². The van der Waals surface area contributed by atoms with Crippen molar-refractivity contribution in [3.63, 3.8) is 0 Å². The van der Waals surface area contributed by atoms with E-state index in [0.717, 1.165) is 22.6 Å². The summed E-state index contributed by atoms with van der Waals surface area (Å²) in [6.07, 6.45) is 2.18. The molecule has 0 bridgehead atoms. The molecule has 25 heavy (non-hydrogen) atoms. The normalized spacial score (nSPS) is 11.7. The molecule has 3 heterocycles. The lowest BCUT2D eigenvalue weighted by Gasteiger charge is -2.17. The summed E-state index contributed by atoms with van der Waals surface area (Å²) in [5.41, 5.74) is 3.98. The van der Waals surface area contributed by atoms with Crippen molar-refractivity contribution in [2.24, 2.45) is 5.41 Å². The molecule has 0 atom stereocenters. The van der Waals surface area contributed by atoms with Crippen molar-refractivity contribution in [1.82, 2.24) is 19.5 Å². The van der Waals surface area contributed by atoms with Crippen LogP contribution in [-0.4, -0.2) is 25.4 Å². The molecule has 0 aliphatic rings. The van der Waals surface area contributed by atoms with E-state index in [1.54, 1.807) is 6.20 Å². The summed E-state index contributed by atoms with van der Waals surface area (Å²) in [5, 5.41) is 2.93. The van der Waals surface area contributed by atoms with Crippen LogP contribution in [-0.2, 0) is 4.79 Å². The number of hydrogen-bond donors (Lipinski definition) is 1. The highest BCUT2D eigenvalue weighted by Gasteiger charge is 2.20. The predicted octanol–water partition coefficient (Wildman–Crippen LogP) is 3.81. The lowest BCUT2D eigenvalue weighted by Crippen LogP contribution is -2.21. The van der Waals surface area contributed by atoms with Crippen LogP contribution in [0.2, 0.25) is 0 Å². The van der Waals surface area contributed by atoms with E-state index in [0.29, 0.717) is 18.0 Å². The Labute approximate surface area is 147 Å². The maximum atomic E-state index is 12.4. The van der Waals surface area contributed by atoms with Crippen molar-refractivity contribution in [3.8, 4) is 5.69 Å². The van der Waals surface area contributed by atoms with Gasteiger partial charge in [0.05, 0.1) is 11.9 Å². The topological polar surface area (TPSA) is 72.7 Å². The van der Waals surface area contributed by atoms with Gasteiger partial charge in [0.1, 0.15) is 5.52 Å². The van der Waals surface area contributed by atoms with Crippen molar-refractivity contribution in [3.05, 3.63) is 41.9 Å². The Kier molecular flexibility index (Phi) is 4.29. The van der Waals surface area contributed by atoms with E-state index in [-0.39, 0.29) is 11.3 Å². The Morgan fingerprint density at radius 2 is 1.80 bits per heavy atom. The summed E-state index contributed by atoms with van der Waals surface area (Å²) in [7, 11) is 0. The van der Waals surface area contributed by atoms with Crippen LogP contribution in [0.5, 0.6) is 0 Å². The molecule has 0 aliphatic heterocycles. The average Bonchev–Trinajstić information content (AvgIpc) is 2.83. The number of anilines is 1. The Morgan fingerprint density at radius 3 is 2.44 bits per heavy atom. The molecule has 0 saturated heterocycles. The lowest BCUT2D eigenvalue weighted by atomic mass is 9.92. The highest BCUT2D eigenvalue weighted by Crippen LogP contribution is 2.25. The fourth-order valence-electron chi connectivity index (χ4n) is 2.62. The molecule has 6 heteroatoms. The number of carbonyl (C=O) groups is 1. The average molecular weight is 337 g/mol. The number of imidazole rings is 1. The minimum atomic E-state index is -0.0961. The van der Waals surface area contributed by atoms with Gasteiger partial charge in [-0.1, -0.05) is 20.8 Å². The van der Waals surface area contributed by atoms with Gasteiger partial charge in [-0.05, 0) is 43.5 Å². The van der Waals surface area contributed by atoms with Gasteiger partial charge in [-0.25, -0.2) is 9.97 Å². The third-order valence-electron chi connectivity index (χ3n) is 3.74. The molecule has 0 saturated carbocycles. The van der Waals surface area contributed by atoms with Gasteiger partial charge in [0.25, 0.3) is 0 Å². The molecule has 0 aromatic carbocycles. The first-order valence-corrected chi connectivity index (χ1v) is 8.32. The first kappa shape index (κ1) is 17.1. The SMILES string of the molecule is Cc1ccc(-n2c(NC(=O)CC(C)(C)C)nc3ccc(C)nc32)cn1. The first-order chi connectivity index (χ1) is 11.7. The van der Waals surface area contributed by atoms with Gasteiger partial charge in [0.15, 0.2) is 5.65 Å². The first-order valence-electron chi connectivity index (χ1n) is 8.32. The van der Waals surface area contributed by atoms with Gasteiger partial charge in [-0.3, -0.25) is 19.7 Å². The van der Waals surface area contributed by atoms with Crippen LogP contribution in [0.15, 0.2) is 30.5 Å². The summed E-state index contributed by atoms with van der Waals surface area (Å²) in [4.78, 5) is 25.9. The molecule has 0 unspecified atom stereocenters. The van der Waals surface area contributed by atoms with Crippen LogP contribution in [0.1, 0.15) is 38.6 Å². The fraction of sp³-hybridized carbons (Fsp3) is 0.368. The number of pyridine rings is 2. The quantitative estimate of drug-likeness (QED) is 0.789. The van der Waals surface area contributed by atoms with Gasteiger partial charge < -0.3 is 0 Å². The van der Waals surface area contributed by atoms with Gasteiger partial charge in [-0.15, -0.1) is 0 Å². The highest BCUT2D eigenvalue weighted by atomic mass is 16.1. The number of hydrogen-bond acceptors (Lipinski definition) is 4. The molecular formula is C19H23N5O. The zero-order valence-electron chi connectivity index (χ0n) is 15.3. The molecular weight excluding hydrogens is 314 g/mol. The molecule has 1 N–H and O–H groups in total. The third kappa shape index (κ3) is 3.84. The minimum Gasteiger partial charge on any atom is -0.296 e. The van der Waals surface area contributed by atoms with E-state index in [2.05, 4.69) is 20.3 Å². The van der Waals surface area contributed by atoms with Gasteiger partial charge in [0, 0.05) is 17.8 Å². The predicted molar refractivity (Wildman–Crippen MR) is 98.8 cm³/mol. The Bertz CT molecular complexity index is 919. The van der Waals surface area contributed by atoms with Crippen molar-refractivity contribution < 1.29 is 4.79 Å². The van der Waals surface area contributed by atoms with Gasteiger partial charge >= 0.3 is 0 Å². The van der Waals surface area contributed by atoms with Crippen molar-refractivity contribution in [2.45, 2.75) is 41.0 Å². The smallest absolute Gasteiger partial charge is 0.227 e. The number of nitrogens with zero attached hydrogens (tertiary/aromatic N) is 4. The van der Waals surface area contributed by atoms with Crippen LogP contribution >= 0.6 is 0 Å². The van der Waals surface area contributed by atoms with Crippen molar-refractivity contribution >= 4 is 23.0 Å². The molecule has 3 rings (SSSR count). The largest absolute Gasteiger partial charge is 0.296 e. The molecule has 130 valence electrons. The van der Waals surface area contributed by atoms with Crippen LogP contribution in [0.25, 0.3) is 16.9 Å². The molecule has 0 fully saturated rings. The maximum Gasteiger partial charge on any atom is 0.227 e. The third-order valence-corrected chi connectivity index (χ3v) is 3.74. The zero-order chi connectivity index (χ0) is 18.2. The van der Waals surface area contributed by atoms with E-state index in [1.165, 1.54) is 0 Å². The van der Waals surface area contributed by atoms with Crippen LogP contribution < -0.4 is 5.32 Å². The van der Waals surface area contributed by atoms with Crippen LogP contribution in [0.4, 0.5) is 5.95 Å². The van der Waals surface area contributed by atoms with E-state index in [9.17, 15) is 4.79 Å². The summed E-state index contributed by atoms with van der Waals surface area (Å²) in [6.45, 7) is 9.96. The molecule has 1 amide bonds. The standard InChI is InChI=1S/C19H23N5O/c1-12-6-8-14(11-20-12)24-17-15(9-7-13(2)21-17)22-18(24)23-16(25)10-19(3,4)5/h6-9,11H,10H2,1-5H3,(H,22,23,25). The highest BCUT2D eigenvalue weighted by molar-refractivity contribution is 5.92. The summed E-state index contributed by atoms with van der Waals surface area (Å²) < 4.78 is 1.84. The van der Waals surface area contributed by atoms with Crippen LogP contribution in [0, 0.1) is 19.3 Å². The van der Waals surface area contributed by atoms with E-state index < -0.39 is 0 Å². The molecule has 6 nitrogen and oxygen atoms in total. The number of rotatable bonds is 3. The molecule has 3 aromatic rings. The second-order valence-electron chi connectivity index (χ2n) is 7.51. The summed E-state index contributed by atoms with van der Waals surface area (Å²) in [5.74, 6) is 0.397. The number of fused-ring (bicyclic) bond motifs is 1. The van der Waals surface area contributed by atoms with E-state index in [1.807, 2.05) is 63.5 Å². The summed E-state index contributed by atoms with van der Waals surface area (Å²) in [6, 6.07) is 7.70. The maximum absolute atomic E-state index is 12.4. The van der Waals surface area contributed by atoms with Gasteiger partial charge in [-0.2, -0.15) is 0 Å². The van der Waals surface area contributed by atoms with Gasteiger partial charge in [0.2, 0.25) is 11.9 Å². The Balaban J connectivity index is 2.09. The number of carbonyl (C=O) groups excluding carboxylic acids is 1. The lowest BCUT2D eigenvalue weighted by molar-refractivity contribution is -0.117. The number of nitrogens with one attached hydrogen (secondary N) is 1. The molecule has 0 radical (unpaired) electrons. The second-order valence-corrected chi connectivity index (χ2v) is 7.51. The van der Waals surface area contributed by atoms with E-state index >= 15 is 0 Å². The second kappa shape index (κ2) is 6.27. The minimum absolute atomic E-state index is 0.0687. The zero-order valence-corrected chi connectivity index (χ0v) is 15.3. The summed E-state index contributed by atoms with van der Waals surface area (Å²) >= 11 is 0. The van der Waals surface area contributed by atoms with Crippen LogP contribution in [0.3, 0.4) is 0 Å². The van der Waals surface area contributed by atoms with Crippen molar-refractivity contribution in [1.29, 1.82) is 0 Å². The number of aromatic nitrogens is 4. The monoisotopic (exact) mass is 337 g/mol. The Hall–Kier alpha value is -2.76. The molecule has 0 spiro atoms. The Morgan fingerprint density at radius 1 is 1.08 bits per heavy atom. The number of aryl methyl sites for hydroxylation is 2. The number of amides is 1.